The van der Waals surface area contributed by atoms with Gasteiger partial charge in [-0.2, -0.15) is 0 Å². The van der Waals surface area contributed by atoms with Crippen LogP contribution in [-0.4, -0.2) is 56.8 Å². The van der Waals surface area contributed by atoms with Crippen LogP contribution in [0.5, 0.6) is 0 Å². The normalized spacial score (nSPS) is 15.7. The Morgan fingerprint density at radius 3 is 2.85 bits per heavy atom. The molecule has 1 aliphatic rings. The number of nitrogens with one attached hydrogen (secondary N) is 1. The molecule has 140 valence electrons. The lowest BCUT2D eigenvalue weighted by Crippen LogP contribution is -2.35. The molecule has 1 aliphatic heterocycles. The molecular formula is C17H21N3O4S2. The van der Waals surface area contributed by atoms with Gasteiger partial charge in [0.2, 0.25) is 0 Å². The molecule has 0 atom stereocenters. The van der Waals surface area contributed by atoms with Gasteiger partial charge in [-0.1, -0.05) is 6.07 Å². The minimum atomic E-state index is -3.34. The molecule has 1 N–H and O–H groups in total. The molecule has 2 aromatic rings. The number of carbonyl (C=O) groups is 1. The van der Waals surface area contributed by atoms with Crippen LogP contribution in [0, 0.1) is 0 Å². The van der Waals surface area contributed by atoms with E-state index in [1.54, 1.807) is 12.1 Å². The lowest BCUT2D eigenvalue weighted by Gasteiger charge is -2.25. The Balaban J connectivity index is 1.56. The molecule has 2 heterocycles. The molecule has 1 aromatic carbocycles. The van der Waals surface area contributed by atoms with Gasteiger partial charge in [-0.15, -0.1) is 11.3 Å². The second kappa shape index (κ2) is 8.26. The van der Waals surface area contributed by atoms with Crippen molar-refractivity contribution < 1.29 is 17.9 Å². The first kappa shape index (κ1) is 19.0. The minimum Gasteiger partial charge on any atom is -0.379 e. The van der Waals surface area contributed by atoms with E-state index < -0.39 is 9.84 Å². The van der Waals surface area contributed by atoms with Crippen molar-refractivity contribution in [2.45, 2.75) is 18.0 Å². The van der Waals surface area contributed by atoms with Crippen LogP contribution >= 0.6 is 11.3 Å². The smallest absolute Gasteiger partial charge is 0.251 e. The van der Waals surface area contributed by atoms with Crippen molar-refractivity contribution in [1.82, 2.24) is 15.2 Å². The van der Waals surface area contributed by atoms with E-state index in [4.69, 9.17) is 4.74 Å². The first-order valence-electron chi connectivity index (χ1n) is 8.23. The van der Waals surface area contributed by atoms with Crippen molar-refractivity contribution in [2.24, 2.45) is 0 Å². The standard InChI is InChI=1S/C17H21N3O4S2/c1-26(22,23)15-4-2-3-13(9-15)17(21)18-10-16-19-14(12-25-16)11-20-5-7-24-8-6-20/h2-4,9,12H,5-8,10-11H2,1H3,(H,18,21). The molecule has 1 saturated heterocycles. The fourth-order valence-corrected chi connectivity index (χ4v) is 4.01. The molecule has 0 saturated carbocycles. The van der Waals surface area contributed by atoms with Crippen LogP contribution in [0.2, 0.25) is 0 Å². The second-order valence-electron chi connectivity index (χ2n) is 6.10. The zero-order chi connectivity index (χ0) is 18.6. The molecule has 1 fully saturated rings. The Hall–Kier alpha value is -1.81. The summed E-state index contributed by atoms with van der Waals surface area (Å²) in [7, 11) is -3.34. The van der Waals surface area contributed by atoms with Gasteiger partial charge in [-0.25, -0.2) is 13.4 Å². The number of aromatic nitrogens is 1. The van der Waals surface area contributed by atoms with Crippen molar-refractivity contribution >= 4 is 27.1 Å². The van der Waals surface area contributed by atoms with E-state index in [-0.39, 0.29) is 10.8 Å². The Morgan fingerprint density at radius 2 is 2.12 bits per heavy atom. The van der Waals surface area contributed by atoms with Crippen LogP contribution in [0.1, 0.15) is 21.1 Å². The van der Waals surface area contributed by atoms with E-state index in [9.17, 15) is 13.2 Å². The van der Waals surface area contributed by atoms with E-state index in [1.807, 2.05) is 5.38 Å². The Kier molecular flexibility index (Phi) is 6.02. The monoisotopic (exact) mass is 395 g/mol. The van der Waals surface area contributed by atoms with E-state index in [0.717, 1.165) is 49.8 Å². The Morgan fingerprint density at radius 1 is 1.35 bits per heavy atom. The number of rotatable bonds is 6. The minimum absolute atomic E-state index is 0.132. The maximum absolute atomic E-state index is 12.3. The SMILES string of the molecule is CS(=O)(=O)c1cccc(C(=O)NCc2nc(CN3CCOCC3)cs2)c1. The molecule has 9 heteroatoms. The summed E-state index contributed by atoms with van der Waals surface area (Å²) < 4.78 is 28.5. The molecule has 1 amide bonds. The van der Waals surface area contributed by atoms with E-state index in [2.05, 4.69) is 15.2 Å². The zero-order valence-corrected chi connectivity index (χ0v) is 16.1. The fraction of sp³-hybridized carbons (Fsp3) is 0.412. The highest BCUT2D eigenvalue weighted by atomic mass is 32.2. The zero-order valence-electron chi connectivity index (χ0n) is 14.5. The molecular weight excluding hydrogens is 374 g/mol. The number of nitrogens with zero attached hydrogens (tertiary/aromatic N) is 2. The average Bonchev–Trinajstić information content (AvgIpc) is 3.07. The third-order valence-corrected chi connectivity index (χ3v) is 6.02. The summed E-state index contributed by atoms with van der Waals surface area (Å²) in [4.78, 5) is 19.2. The molecule has 0 aliphatic carbocycles. The highest BCUT2D eigenvalue weighted by Gasteiger charge is 2.14. The summed E-state index contributed by atoms with van der Waals surface area (Å²) in [5.41, 5.74) is 1.30. The van der Waals surface area contributed by atoms with E-state index in [0.29, 0.717) is 12.1 Å². The summed E-state index contributed by atoms with van der Waals surface area (Å²) >= 11 is 1.50. The van der Waals surface area contributed by atoms with Gasteiger partial charge < -0.3 is 10.1 Å². The van der Waals surface area contributed by atoms with Gasteiger partial charge in [0, 0.05) is 36.8 Å². The molecule has 0 spiro atoms. The van der Waals surface area contributed by atoms with E-state index >= 15 is 0 Å². The molecule has 7 nitrogen and oxygen atoms in total. The maximum atomic E-state index is 12.3. The van der Waals surface area contributed by atoms with Crippen molar-refractivity contribution in [1.29, 1.82) is 0 Å². The predicted molar refractivity (Wildman–Crippen MR) is 98.9 cm³/mol. The van der Waals surface area contributed by atoms with E-state index in [1.165, 1.54) is 23.5 Å². The Bertz CT molecular complexity index is 874. The number of hydrogen-bond donors (Lipinski definition) is 1. The number of carbonyl (C=O) groups excluding carboxylic acids is 1. The molecule has 0 radical (unpaired) electrons. The highest BCUT2D eigenvalue weighted by molar-refractivity contribution is 7.90. The second-order valence-corrected chi connectivity index (χ2v) is 9.06. The largest absolute Gasteiger partial charge is 0.379 e. The van der Waals surface area contributed by atoms with Gasteiger partial charge in [-0.3, -0.25) is 9.69 Å². The summed E-state index contributed by atoms with van der Waals surface area (Å²) in [6.07, 6.45) is 1.12. The third-order valence-electron chi connectivity index (χ3n) is 4.01. The van der Waals surface area contributed by atoms with Crippen LogP contribution in [0.3, 0.4) is 0 Å². The van der Waals surface area contributed by atoms with Crippen molar-refractivity contribution in [3.8, 4) is 0 Å². The van der Waals surface area contributed by atoms with Gasteiger partial charge in [0.15, 0.2) is 9.84 Å². The number of morpholine rings is 1. The Labute approximate surface area is 156 Å². The first-order valence-corrected chi connectivity index (χ1v) is 11.0. The van der Waals surface area contributed by atoms with Gasteiger partial charge in [0.25, 0.3) is 5.91 Å². The lowest BCUT2D eigenvalue weighted by molar-refractivity contribution is 0.0337. The van der Waals surface area contributed by atoms with Gasteiger partial charge in [-0.05, 0) is 18.2 Å². The van der Waals surface area contributed by atoms with Gasteiger partial charge in [0.05, 0.1) is 30.3 Å². The number of hydrogen-bond acceptors (Lipinski definition) is 7. The molecule has 0 bridgehead atoms. The molecule has 3 rings (SSSR count). The van der Waals surface area contributed by atoms with Crippen LogP contribution in [0.15, 0.2) is 34.5 Å². The number of thiazole rings is 1. The predicted octanol–water partition coefficient (Wildman–Crippen LogP) is 1.31. The number of benzene rings is 1. The quantitative estimate of drug-likeness (QED) is 0.793. The van der Waals surface area contributed by atoms with Gasteiger partial charge in [0.1, 0.15) is 5.01 Å². The number of sulfone groups is 1. The van der Waals surface area contributed by atoms with Crippen LogP contribution in [0.4, 0.5) is 0 Å². The maximum Gasteiger partial charge on any atom is 0.251 e. The van der Waals surface area contributed by atoms with Crippen LogP contribution < -0.4 is 5.32 Å². The first-order chi connectivity index (χ1) is 12.4. The van der Waals surface area contributed by atoms with Gasteiger partial charge >= 0.3 is 0 Å². The van der Waals surface area contributed by atoms with Crippen molar-refractivity contribution in [2.75, 3.05) is 32.6 Å². The van der Waals surface area contributed by atoms with Crippen LogP contribution in [0.25, 0.3) is 0 Å². The third kappa shape index (κ3) is 5.10. The topological polar surface area (TPSA) is 88.6 Å². The number of ether oxygens (including phenoxy) is 1. The average molecular weight is 396 g/mol. The summed E-state index contributed by atoms with van der Waals surface area (Å²) in [6.45, 7) is 4.40. The molecule has 0 unspecified atom stereocenters. The lowest BCUT2D eigenvalue weighted by atomic mass is 10.2. The van der Waals surface area contributed by atoms with Crippen molar-refractivity contribution in [3.63, 3.8) is 0 Å². The summed E-state index contributed by atoms with van der Waals surface area (Å²) in [6, 6.07) is 6.02. The molecule has 26 heavy (non-hydrogen) atoms. The highest BCUT2D eigenvalue weighted by Crippen LogP contribution is 2.14. The van der Waals surface area contributed by atoms with Crippen LogP contribution in [-0.2, 0) is 27.7 Å². The molecule has 1 aromatic heterocycles. The summed E-state index contributed by atoms with van der Waals surface area (Å²) in [5.74, 6) is -0.319. The fourth-order valence-electron chi connectivity index (χ4n) is 2.62. The number of amides is 1. The summed E-state index contributed by atoms with van der Waals surface area (Å²) in [5, 5.41) is 5.61. The van der Waals surface area contributed by atoms with Crippen molar-refractivity contribution in [3.05, 3.63) is 45.9 Å².